The molecular formula is C24H25ClN4O4. The van der Waals surface area contributed by atoms with Crippen molar-refractivity contribution in [2.24, 2.45) is 5.10 Å². The lowest BCUT2D eigenvalue weighted by Crippen LogP contribution is -2.43. The Bertz CT molecular complexity index is 1180. The van der Waals surface area contributed by atoms with Gasteiger partial charge in [-0.1, -0.05) is 11.6 Å². The molecule has 1 aliphatic heterocycles. The van der Waals surface area contributed by atoms with Gasteiger partial charge in [0.15, 0.2) is 18.1 Å². The van der Waals surface area contributed by atoms with Crippen LogP contribution in [-0.2, 0) is 9.53 Å². The molecule has 0 bridgehead atoms. The number of hydrogen-bond acceptors (Lipinski definition) is 7. The van der Waals surface area contributed by atoms with Gasteiger partial charge < -0.3 is 19.1 Å². The van der Waals surface area contributed by atoms with Gasteiger partial charge in [-0.15, -0.1) is 0 Å². The molecule has 1 amide bonds. The van der Waals surface area contributed by atoms with Crippen molar-refractivity contribution in [3.05, 3.63) is 58.6 Å². The minimum Gasteiger partial charge on any atom is -0.493 e. The molecule has 2 heterocycles. The number of benzene rings is 2. The molecule has 0 saturated carbocycles. The standard InChI is InChI=1S/C24H25ClN4O4/c1-16-11-23(27-20-5-4-18(25)13-19(16)20)28-26-14-17-3-6-21(22(12-17)31-2)33-15-24(30)29-7-9-32-10-8-29/h3-6,11-14H,7-10,15H2,1-2H3,(H,27,28)/b26-14+. The Morgan fingerprint density at radius 2 is 2.03 bits per heavy atom. The lowest BCUT2D eigenvalue weighted by atomic mass is 10.1. The molecule has 1 saturated heterocycles. The number of pyridine rings is 1. The third-order valence-corrected chi connectivity index (χ3v) is 5.51. The number of aromatic nitrogens is 1. The van der Waals surface area contributed by atoms with Crippen molar-refractivity contribution in [3.63, 3.8) is 0 Å². The van der Waals surface area contributed by atoms with Gasteiger partial charge in [-0.05, 0) is 60.5 Å². The lowest BCUT2D eigenvalue weighted by molar-refractivity contribution is -0.137. The Balaban J connectivity index is 1.39. The molecule has 0 unspecified atom stereocenters. The highest BCUT2D eigenvalue weighted by Crippen LogP contribution is 2.28. The number of aryl methyl sites for hydroxylation is 1. The smallest absolute Gasteiger partial charge is 0.260 e. The van der Waals surface area contributed by atoms with E-state index in [4.69, 9.17) is 25.8 Å². The van der Waals surface area contributed by atoms with Gasteiger partial charge in [0.25, 0.3) is 5.91 Å². The number of rotatable bonds is 7. The number of halogens is 1. The van der Waals surface area contributed by atoms with Crippen LogP contribution in [0.1, 0.15) is 11.1 Å². The molecule has 0 spiro atoms. The Hall–Kier alpha value is -3.36. The van der Waals surface area contributed by atoms with Crippen molar-refractivity contribution in [1.82, 2.24) is 9.88 Å². The highest BCUT2D eigenvalue weighted by Gasteiger charge is 2.18. The number of nitrogens with one attached hydrogen (secondary N) is 1. The summed E-state index contributed by atoms with van der Waals surface area (Å²) >= 11 is 6.08. The summed E-state index contributed by atoms with van der Waals surface area (Å²) in [6, 6.07) is 12.9. The van der Waals surface area contributed by atoms with E-state index in [1.54, 1.807) is 30.4 Å². The van der Waals surface area contributed by atoms with Crippen LogP contribution in [0.25, 0.3) is 10.9 Å². The zero-order chi connectivity index (χ0) is 23.2. The summed E-state index contributed by atoms with van der Waals surface area (Å²) in [6.45, 7) is 4.23. The van der Waals surface area contributed by atoms with Crippen LogP contribution in [0.5, 0.6) is 11.5 Å². The summed E-state index contributed by atoms with van der Waals surface area (Å²) in [4.78, 5) is 18.6. The van der Waals surface area contributed by atoms with Crippen molar-refractivity contribution in [2.75, 3.05) is 45.4 Å². The topological polar surface area (TPSA) is 85.3 Å². The lowest BCUT2D eigenvalue weighted by Gasteiger charge is -2.26. The number of ether oxygens (including phenoxy) is 3. The highest BCUT2D eigenvalue weighted by atomic mass is 35.5. The van der Waals surface area contributed by atoms with Crippen LogP contribution in [0.4, 0.5) is 5.82 Å². The monoisotopic (exact) mass is 468 g/mol. The summed E-state index contributed by atoms with van der Waals surface area (Å²) in [6.07, 6.45) is 1.66. The van der Waals surface area contributed by atoms with E-state index in [2.05, 4.69) is 15.5 Å². The number of anilines is 1. The van der Waals surface area contributed by atoms with Crippen LogP contribution in [-0.4, -0.2) is 62.0 Å². The van der Waals surface area contributed by atoms with E-state index < -0.39 is 0 Å². The van der Waals surface area contributed by atoms with E-state index in [-0.39, 0.29) is 12.5 Å². The molecule has 8 nitrogen and oxygen atoms in total. The first-order valence-corrected chi connectivity index (χ1v) is 10.9. The molecule has 0 radical (unpaired) electrons. The van der Waals surface area contributed by atoms with Crippen molar-refractivity contribution >= 4 is 40.4 Å². The van der Waals surface area contributed by atoms with E-state index in [9.17, 15) is 4.79 Å². The van der Waals surface area contributed by atoms with E-state index >= 15 is 0 Å². The second-order valence-corrected chi connectivity index (χ2v) is 7.98. The zero-order valence-corrected chi connectivity index (χ0v) is 19.3. The zero-order valence-electron chi connectivity index (χ0n) is 18.5. The summed E-state index contributed by atoms with van der Waals surface area (Å²) in [7, 11) is 1.55. The second-order valence-electron chi connectivity index (χ2n) is 7.55. The molecule has 172 valence electrons. The van der Waals surface area contributed by atoms with Crippen LogP contribution in [0.2, 0.25) is 5.02 Å². The molecule has 4 rings (SSSR count). The van der Waals surface area contributed by atoms with Crippen LogP contribution in [0, 0.1) is 6.92 Å². The van der Waals surface area contributed by atoms with Crippen molar-refractivity contribution in [1.29, 1.82) is 0 Å². The minimum atomic E-state index is -0.0735. The molecule has 9 heteroatoms. The summed E-state index contributed by atoms with van der Waals surface area (Å²) < 4.78 is 16.4. The van der Waals surface area contributed by atoms with E-state index in [0.717, 1.165) is 22.0 Å². The fraction of sp³-hybridized carbons (Fsp3) is 0.292. The van der Waals surface area contributed by atoms with Gasteiger partial charge in [0.05, 0.1) is 32.1 Å². The van der Waals surface area contributed by atoms with Crippen molar-refractivity contribution in [3.8, 4) is 11.5 Å². The predicted molar refractivity (Wildman–Crippen MR) is 129 cm³/mol. The van der Waals surface area contributed by atoms with Crippen LogP contribution >= 0.6 is 11.6 Å². The van der Waals surface area contributed by atoms with E-state index in [1.165, 1.54) is 0 Å². The number of fused-ring (bicyclic) bond motifs is 1. The number of nitrogens with zero attached hydrogens (tertiary/aromatic N) is 3. The average molecular weight is 469 g/mol. The normalized spacial score (nSPS) is 14.0. The first kappa shape index (κ1) is 22.8. The van der Waals surface area contributed by atoms with Crippen molar-refractivity contribution in [2.45, 2.75) is 6.92 Å². The number of carbonyl (C=O) groups is 1. The maximum atomic E-state index is 12.3. The molecule has 1 fully saturated rings. The SMILES string of the molecule is COc1cc(/C=N/Nc2cc(C)c3cc(Cl)ccc3n2)ccc1OCC(=O)N1CCOCC1. The van der Waals surface area contributed by atoms with Crippen LogP contribution in [0.3, 0.4) is 0 Å². The fourth-order valence-corrected chi connectivity index (χ4v) is 3.70. The molecule has 1 N–H and O–H groups in total. The highest BCUT2D eigenvalue weighted by molar-refractivity contribution is 6.31. The maximum Gasteiger partial charge on any atom is 0.260 e. The van der Waals surface area contributed by atoms with E-state index in [1.807, 2.05) is 37.3 Å². The second kappa shape index (κ2) is 10.5. The van der Waals surface area contributed by atoms with E-state index in [0.29, 0.717) is 48.6 Å². The van der Waals surface area contributed by atoms with Gasteiger partial charge in [-0.2, -0.15) is 5.10 Å². The van der Waals surface area contributed by atoms with Gasteiger partial charge in [0, 0.05) is 23.5 Å². The Morgan fingerprint density at radius 1 is 1.21 bits per heavy atom. The Labute approximate surface area is 197 Å². The Morgan fingerprint density at radius 3 is 2.82 bits per heavy atom. The van der Waals surface area contributed by atoms with Gasteiger partial charge in [0.2, 0.25) is 0 Å². The number of morpholine rings is 1. The molecule has 2 aromatic carbocycles. The maximum absolute atomic E-state index is 12.3. The first-order valence-electron chi connectivity index (χ1n) is 10.6. The third-order valence-electron chi connectivity index (χ3n) is 5.27. The summed E-state index contributed by atoms with van der Waals surface area (Å²) in [5, 5.41) is 5.97. The summed E-state index contributed by atoms with van der Waals surface area (Å²) in [5.74, 6) is 1.57. The van der Waals surface area contributed by atoms with Gasteiger partial charge in [0.1, 0.15) is 5.82 Å². The fourth-order valence-electron chi connectivity index (χ4n) is 3.52. The minimum absolute atomic E-state index is 0.0520. The molecule has 3 aromatic rings. The average Bonchev–Trinajstić information content (AvgIpc) is 2.84. The Kier molecular flexibility index (Phi) is 7.26. The molecule has 1 aliphatic rings. The molecular weight excluding hydrogens is 444 g/mol. The van der Waals surface area contributed by atoms with Gasteiger partial charge in [-0.25, -0.2) is 4.98 Å². The summed E-state index contributed by atoms with van der Waals surface area (Å²) in [5.41, 5.74) is 5.65. The number of hydrazone groups is 1. The van der Waals surface area contributed by atoms with Gasteiger partial charge in [-0.3, -0.25) is 10.2 Å². The van der Waals surface area contributed by atoms with Crippen molar-refractivity contribution < 1.29 is 19.0 Å². The number of amides is 1. The quantitative estimate of drug-likeness (QED) is 0.418. The number of methoxy groups -OCH3 is 1. The number of carbonyl (C=O) groups excluding carboxylic acids is 1. The largest absolute Gasteiger partial charge is 0.493 e. The molecule has 0 atom stereocenters. The van der Waals surface area contributed by atoms with Crippen LogP contribution in [0.15, 0.2) is 47.6 Å². The van der Waals surface area contributed by atoms with Gasteiger partial charge >= 0.3 is 0 Å². The predicted octanol–water partition coefficient (Wildman–Crippen LogP) is 3.89. The molecule has 0 aliphatic carbocycles. The molecule has 33 heavy (non-hydrogen) atoms. The third kappa shape index (κ3) is 5.71. The van der Waals surface area contributed by atoms with Crippen LogP contribution < -0.4 is 14.9 Å². The molecule has 1 aromatic heterocycles. The number of hydrogen-bond donors (Lipinski definition) is 1. The first-order chi connectivity index (χ1) is 16.0.